The summed E-state index contributed by atoms with van der Waals surface area (Å²) in [6.07, 6.45) is 73.5. The van der Waals surface area contributed by atoms with E-state index in [1.165, 1.54) is 209 Å². The van der Waals surface area contributed by atoms with Crippen molar-refractivity contribution in [2.75, 3.05) is 20.8 Å². The Hall–Kier alpha value is -8.08. The van der Waals surface area contributed by atoms with Gasteiger partial charge in [0.1, 0.15) is 48.8 Å². The van der Waals surface area contributed by atoms with E-state index < -0.39 is 17.9 Å². The number of rotatable bonds is 23. The Bertz CT molecular complexity index is 4250. The van der Waals surface area contributed by atoms with Gasteiger partial charge in [-0.05, 0) is 398 Å². The number of aliphatic hydroxyl groups is 3. The Morgan fingerprint density at radius 1 is 0.353 bits per heavy atom. The predicted molar refractivity (Wildman–Crippen MR) is 595 cm³/mol. The molecule has 22 heteroatoms. The highest BCUT2D eigenvalue weighted by Crippen LogP contribution is 2.68. The zero-order valence-electron chi connectivity index (χ0n) is 95.2. The minimum absolute atomic E-state index is 0.0149. The van der Waals surface area contributed by atoms with E-state index in [0.29, 0.717) is 76.0 Å². The molecule has 14 bridgehead atoms. The van der Waals surface area contributed by atoms with Crippen LogP contribution in [0.4, 0.5) is 0 Å². The molecule has 0 aromatic rings. The third-order valence-corrected chi connectivity index (χ3v) is 39.7. The van der Waals surface area contributed by atoms with Crippen LogP contribution in [-0.2, 0) is 90.5 Å². The standard InChI is InChI=1S/C13H18O2.C13H20O2.C13H22O2.C12H20O.C12H22O.C10H16O3.C10H14O2.C10H16.C10H14.C9H14O3.C8H14O2.2C4H6O2/c1-2-12(14)15-13-10-4-8-3-9(6-10)7-11(13)5-8;1-5-11(14)15-10-8-9-6-7-13(10,4)12(9,2)3;1-5-13(14)15-12-8-10(4)6-7-11(12)9(2)3;1-5-13-10-8-9-6-7-12(10,4)11(9,2)3;1-5-13-12-8-10(4)6-7-11(12)9(2)3;1-8(7-11)10(12)13-9-5-3-2-4-6-9;1-2-10(11)12-9-6-7-3-4-8(9)5-7;2*1-2-9-7-4-5-8(6-7)10(9)3-1;1-2-9(11)12-8-5-3-7(10)4-6-8;1-2-10-8-5-3-7(9)4-6-8;2*1-3-4(5)6-2/h2,8-11,13H,1,3-7H2;5,9-10H,1,6-8H2,2-4H3;5,9-12H,1,6-8H2,2-4H3;5,9-10H,1,6-8H2,2-4H3;5,9-12H,1,6-8H2,2-4H3;9,11H,1-7H2;2,7-9H,1,3-6H2;7-10H,1-6H2;1-2,7-10H,3-6H2;2,7-8,10H,1,3-6H2;2,7-9H,1,3-6H2;2*3H,1H2,2H3. The summed E-state index contributed by atoms with van der Waals surface area (Å²) < 4.78 is 56.5. The van der Waals surface area contributed by atoms with Gasteiger partial charge in [-0.2, -0.15) is 0 Å². The molecule has 150 heavy (non-hydrogen) atoms. The fourth-order valence-corrected chi connectivity index (χ4v) is 30.4. The summed E-state index contributed by atoms with van der Waals surface area (Å²) in [4.78, 5) is 86.2. The van der Waals surface area contributed by atoms with E-state index in [1.54, 1.807) is 63.9 Å². The van der Waals surface area contributed by atoms with Crippen LogP contribution in [0.2, 0.25) is 0 Å². The average molecular weight is 2090 g/mol. The molecule has 21 aliphatic carbocycles. The van der Waals surface area contributed by atoms with Gasteiger partial charge in [-0.15, -0.1) is 0 Å². The summed E-state index contributed by atoms with van der Waals surface area (Å²) in [5.41, 5.74) is 1.45. The summed E-state index contributed by atoms with van der Waals surface area (Å²) in [5, 5.41) is 26.9. The van der Waals surface area contributed by atoms with E-state index in [-0.39, 0.29) is 96.3 Å². The first-order valence-electron chi connectivity index (χ1n) is 58.4. The Balaban J connectivity index is 0.000000199. The van der Waals surface area contributed by atoms with Gasteiger partial charge < -0.3 is 67.4 Å². The van der Waals surface area contributed by atoms with Crippen molar-refractivity contribution in [1.29, 1.82) is 0 Å². The first-order valence-corrected chi connectivity index (χ1v) is 58.4. The quantitative estimate of drug-likeness (QED) is 0.0281. The molecular formula is C128H202O22. The Kier molecular flexibility index (Phi) is 53.0. The van der Waals surface area contributed by atoms with Crippen molar-refractivity contribution in [2.45, 2.75) is 433 Å². The molecule has 0 aliphatic heterocycles. The maximum absolute atomic E-state index is 11.3. The highest BCUT2D eigenvalue weighted by atomic mass is 16.6. The molecule has 0 amide bonds. The van der Waals surface area contributed by atoms with Gasteiger partial charge in [0.15, 0.2) is 0 Å². The maximum Gasteiger partial charge on any atom is 0.336 e. The van der Waals surface area contributed by atoms with Crippen molar-refractivity contribution in [1.82, 2.24) is 0 Å². The van der Waals surface area contributed by atoms with Gasteiger partial charge in [0.25, 0.3) is 0 Å². The first kappa shape index (κ1) is 127. The monoisotopic (exact) mass is 2090 g/mol. The van der Waals surface area contributed by atoms with E-state index in [2.05, 4.69) is 177 Å². The third-order valence-electron chi connectivity index (χ3n) is 39.7. The fraction of sp³-hybridized carbons (Fsp3) is 0.750. The van der Waals surface area contributed by atoms with Crippen molar-refractivity contribution >= 4 is 47.8 Å². The molecule has 0 saturated heterocycles. The smallest absolute Gasteiger partial charge is 0.336 e. The van der Waals surface area contributed by atoms with Gasteiger partial charge in [-0.25, -0.2) is 38.4 Å². The largest absolute Gasteiger partial charge is 0.499 e. The zero-order valence-corrected chi connectivity index (χ0v) is 95.2. The van der Waals surface area contributed by atoms with Crippen LogP contribution >= 0.6 is 0 Å². The molecule has 0 radical (unpaired) electrons. The predicted octanol–water partition coefficient (Wildman–Crippen LogP) is 27.5. The summed E-state index contributed by atoms with van der Waals surface area (Å²) in [5.74, 6) is 16.8. The van der Waals surface area contributed by atoms with Gasteiger partial charge in [0, 0.05) is 53.4 Å². The molecule has 21 rings (SSSR count). The molecule has 20 saturated carbocycles. The second-order valence-corrected chi connectivity index (χ2v) is 49.7. The molecule has 3 N–H and O–H groups in total. The van der Waals surface area contributed by atoms with Crippen LogP contribution in [0, 0.1) is 152 Å². The second kappa shape index (κ2) is 62.6. The first-order chi connectivity index (χ1) is 71.5. The number of hydrogen-bond acceptors (Lipinski definition) is 22. The number of ether oxygens (including phenoxy) is 11. The fourth-order valence-electron chi connectivity index (χ4n) is 30.4. The lowest BCUT2D eigenvalue weighted by Gasteiger charge is -2.53. The van der Waals surface area contributed by atoms with Crippen LogP contribution in [0.3, 0.4) is 0 Å². The average Bonchev–Trinajstić information content (AvgIpc) is 1.56. The Morgan fingerprint density at radius 2 is 0.767 bits per heavy atom. The van der Waals surface area contributed by atoms with Gasteiger partial charge in [-0.3, -0.25) is 0 Å². The number of fused-ring (bicyclic) bond motifs is 16. The van der Waals surface area contributed by atoms with E-state index in [9.17, 15) is 38.4 Å². The second-order valence-electron chi connectivity index (χ2n) is 49.7. The van der Waals surface area contributed by atoms with Crippen LogP contribution < -0.4 is 0 Å². The molecule has 22 nitrogen and oxygen atoms in total. The minimum atomic E-state index is -0.450. The highest BCUT2D eigenvalue weighted by molar-refractivity contribution is 5.88. The zero-order chi connectivity index (χ0) is 110. The lowest BCUT2D eigenvalue weighted by atomic mass is 9.55. The lowest BCUT2D eigenvalue weighted by Crippen LogP contribution is -2.49. The lowest BCUT2D eigenvalue weighted by molar-refractivity contribution is -0.165. The van der Waals surface area contributed by atoms with E-state index >= 15 is 0 Å². The normalized spacial score (nSPS) is 36.3. The Labute approximate surface area is 905 Å². The van der Waals surface area contributed by atoms with Crippen molar-refractivity contribution in [3.05, 3.63) is 151 Å². The molecule has 0 aromatic heterocycles. The van der Waals surface area contributed by atoms with Crippen molar-refractivity contribution < 1.29 is 106 Å². The maximum atomic E-state index is 11.3. The van der Waals surface area contributed by atoms with Crippen LogP contribution in [0.1, 0.15) is 366 Å². The number of esters is 8. The van der Waals surface area contributed by atoms with Crippen molar-refractivity contribution in [3.8, 4) is 0 Å². The summed E-state index contributed by atoms with van der Waals surface area (Å²) in [6, 6.07) is 0. The van der Waals surface area contributed by atoms with Crippen LogP contribution in [-0.4, -0.2) is 151 Å². The highest BCUT2D eigenvalue weighted by Gasteiger charge is 2.64. The number of allylic oxidation sites excluding steroid dienone is 2. The molecule has 0 aromatic carbocycles. The molecule has 0 heterocycles. The molecule has 23 unspecified atom stereocenters. The number of carbonyl (C=O) groups is 8. The molecule has 0 spiro atoms. The third kappa shape index (κ3) is 36.5. The summed E-state index contributed by atoms with van der Waals surface area (Å²) >= 11 is 0. The van der Waals surface area contributed by atoms with Gasteiger partial charge in [0.2, 0.25) is 0 Å². The van der Waals surface area contributed by atoms with Gasteiger partial charge in [-0.1, -0.05) is 193 Å². The van der Waals surface area contributed by atoms with E-state index in [0.717, 1.165) is 174 Å². The topological polar surface area (TPSA) is 299 Å². The van der Waals surface area contributed by atoms with Crippen molar-refractivity contribution in [3.63, 3.8) is 0 Å². The van der Waals surface area contributed by atoms with E-state index in [4.69, 9.17) is 58.0 Å². The van der Waals surface area contributed by atoms with Gasteiger partial charge >= 0.3 is 47.8 Å². The number of aliphatic hydroxyl groups excluding tert-OH is 3. The van der Waals surface area contributed by atoms with Crippen LogP contribution in [0.5, 0.6) is 0 Å². The molecule has 23 atom stereocenters. The van der Waals surface area contributed by atoms with E-state index in [1.807, 2.05) is 0 Å². The minimum Gasteiger partial charge on any atom is -0.499 e. The molecular weight excluding hydrogens is 1890 g/mol. The SMILES string of the molecule is C1=CC2C3CCC(C3)C2C1.C1CC2C3CCC(C3)C2C1.C=C(CO)C(=O)OC1CCCCC1.C=CC(=O)OC.C=CC(=O)OC.C=CC(=O)OC1C2CC3CC(C2)CC1C3.C=CC(=O)OC1CC(C)CCC1C(C)C.C=CC(=O)OC1CC2CCC1(C)C2(C)C.C=CC(=O)OC1CC2CCC1C2.C=CC(=O)OC1CCC(O)CC1.C=COC1CC(C)CCC1C(C)C.C=COC1CC2CCC1(C)C2(C)C.C=COC1CCC(O)CC1. The van der Waals surface area contributed by atoms with Crippen molar-refractivity contribution in [2.24, 2.45) is 152 Å². The van der Waals surface area contributed by atoms with Crippen LogP contribution in [0.25, 0.3) is 0 Å². The summed E-state index contributed by atoms with van der Waals surface area (Å²) in [7, 11) is 2.62. The number of methoxy groups -OCH3 is 2. The van der Waals surface area contributed by atoms with Gasteiger partial charge in [0.05, 0.1) is 63.5 Å². The summed E-state index contributed by atoms with van der Waals surface area (Å²) in [6.45, 7) is 64.9. The number of hydrogen-bond donors (Lipinski definition) is 3. The molecule has 846 valence electrons. The molecule has 21 aliphatic rings. The number of carbonyl (C=O) groups excluding carboxylic acids is 8. The van der Waals surface area contributed by atoms with Crippen LogP contribution in [0.15, 0.2) is 151 Å². The molecule has 20 fully saturated rings. The Morgan fingerprint density at radius 3 is 1.19 bits per heavy atom.